The molecule has 1 fully saturated rings. The molecule has 1 aliphatic rings. The zero-order valence-electron chi connectivity index (χ0n) is 20.8. The van der Waals surface area contributed by atoms with Crippen LogP contribution in [0.3, 0.4) is 0 Å². The van der Waals surface area contributed by atoms with Gasteiger partial charge in [-0.1, -0.05) is 48.9 Å². The summed E-state index contributed by atoms with van der Waals surface area (Å²) in [5.74, 6) is 0.142. The average molecular weight is 482 g/mol. The lowest BCUT2D eigenvalue weighted by Gasteiger charge is -2.32. The van der Waals surface area contributed by atoms with Crippen LogP contribution < -0.4 is 15.8 Å². The molecule has 2 aromatic heterocycles. The summed E-state index contributed by atoms with van der Waals surface area (Å²) < 4.78 is 1.70. The fraction of sp³-hybridized carbons (Fsp3) is 0.310. The normalized spacial score (nSPS) is 15.7. The number of aryl methyl sites for hydroxylation is 2. The number of piperidine rings is 1. The van der Waals surface area contributed by atoms with Crippen molar-refractivity contribution in [2.45, 2.75) is 39.7 Å². The predicted octanol–water partition coefficient (Wildman–Crippen LogP) is 4.57. The lowest BCUT2D eigenvalue weighted by molar-refractivity contribution is -0.120. The zero-order chi connectivity index (χ0) is 25.1. The van der Waals surface area contributed by atoms with E-state index in [9.17, 15) is 9.59 Å². The second-order valence-corrected chi connectivity index (χ2v) is 9.49. The van der Waals surface area contributed by atoms with Gasteiger partial charge in [0.05, 0.1) is 12.5 Å². The largest absolute Gasteiger partial charge is 0.351 e. The molecule has 2 aromatic carbocycles. The Balaban J connectivity index is 1.43. The number of rotatable bonds is 6. The van der Waals surface area contributed by atoms with Gasteiger partial charge < -0.3 is 10.2 Å². The van der Waals surface area contributed by atoms with Crippen LogP contribution in [0.1, 0.15) is 36.5 Å². The molecular formula is C29H31N5O2. The monoisotopic (exact) mass is 481 g/mol. The van der Waals surface area contributed by atoms with Crippen LogP contribution in [0.2, 0.25) is 0 Å². The van der Waals surface area contributed by atoms with Crippen LogP contribution in [0.25, 0.3) is 11.2 Å². The first kappa shape index (κ1) is 23.7. The molecule has 1 atom stereocenters. The number of pyridine rings is 1. The number of nitrogens with zero attached hydrogens (tertiary/aromatic N) is 4. The van der Waals surface area contributed by atoms with Crippen molar-refractivity contribution in [3.63, 3.8) is 0 Å². The SMILES string of the molecule is CCc1cccc(NC(=O)[C@H]2CCCN(c3nc4cccnc4n(Cc4ccc(C)cc4)c3=O)C2)c1. The molecule has 7 heteroatoms. The van der Waals surface area contributed by atoms with Crippen molar-refractivity contribution in [3.8, 4) is 0 Å². The van der Waals surface area contributed by atoms with Crippen LogP contribution in [-0.2, 0) is 17.8 Å². The Labute approximate surface area is 210 Å². The van der Waals surface area contributed by atoms with Crippen molar-refractivity contribution in [2.75, 3.05) is 23.3 Å². The minimum absolute atomic E-state index is 0.0182. The number of benzene rings is 2. The van der Waals surface area contributed by atoms with Gasteiger partial charge in [-0.3, -0.25) is 14.2 Å². The van der Waals surface area contributed by atoms with Gasteiger partial charge in [0.2, 0.25) is 5.91 Å². The standard InChI is InChI=1S/C29H31N5O2/c1-3-21-7-4-9-24(17-21)31-28(35)23-8-6-16-33(19-23)27-29(36)34(18-22-13-11-20(2)12-14-22)26-25(32-27)10-5-15-30-26/h4-5,7,9-15,17,23H,3,6,8,16,18-19H2,1-2H3,(H,31,35)/t23-/m0/s1. The first-order valence-corrected chi connectivity index (χ1v) is 12.6. The van der Waals surface area contributed by atoms with Gasteiger partial charge in [0, 0.05) is 25.0 Å². The quantitative estimate of drug-likeness (QED) is 0.437. The Morgan fingerprint density at radius 1 is 1.08 bits per heavy atom. The summed E-state index contributed by atoms with van der Waals surface area (Å²) >= 11 is 0. The Hall–Kier alpha value is -4.00. The van der Waals surface area contributed by atoms with E-state index < -0.39 is 0 Å². The van der Waals surface area contributed by atoms with Crippen molar-refractivity contribution in [1.29, 1.82) is 0 Å². The number of hydrogen-bond donors (Lipinski definition) is 1. The van der Waals surface area contributed by atoms with E-state index in [2.05, 4.69) is 23.3 Å². The third-order valence-electron chi connectivity index (χ3n) is 6.84. The van der Waals surface area contributed by atoms with Crippen LogP contribution in [0.5, 0.6) is 0 Å². The lowest BCUT2D eigenvalue weighted by atomic mass is 9.97. The molecule has 184 valence electrons. The van der Waals surface area contributed by atoms with Crippen molar-refractivity contribution in [3.05, 3.63) is 93.9 Å². The molecule has 0 bridgehead atoms. The number of nitrogens with one attached hydrogen (secondary N) is 1. The fourth-order valence-electron chi connectivity index (χ4n) is 4.79. The molecule has 5 rings (SSSR count). The van der Waals surface area contributed by atoms with Gasteiger partial charge in [-0.25, -0.2) is 9.97 Å². The maximum atomic E-state index is 13.7. The summed E-state index contributed by atoms with van der Waals surface area (Å²) in [5.41, 5.74) is 5.24. The fourth-order valence-corrected chi connectivity index (χ4v) is 4.79. The number of carbonyl (C=O) groups excluding carboxylic acids is 1. The second kappa shape index (κ2) is 10.3. The number of aromatic nitrogens is 3. The maximum absolute atomic E-state index is 13.7. The molecule has 7 nitrogen and oxygen atoms in total. The zero-order valence-corrected chi connectivity index (χ0v) is 20.8. The van der Waals surface area contributed by atoms with Gasteiger partial charge in [-0.05, 0) is 61.6 Å². The molecule has 0 unspecified atom stereocenters. The summed E-state index contributed by atoms with van der Waals surface area (Å²) in [6.45, 7) is 5.69. The molecule has 0 saturated carbocycles. The van der Waals surface area contributed by atoms with Gasteiger partial charge in [0.25, 0.3) is 5.56 Å². The molecule has 0 radical (unpaired) electrons. The van der Waals surface area contributed by atoms with Crippen molar-refractivity contribution < 1.29 is 4.79 Å². The van der Waals surface area contributed by atoms with Crippen LogP contribution in [0.15, 0.2) is 71.7 Å². The average Bonchev–Trinajstić information content (AvgIpc) is 2.91. The van der Waals surface area contributed by atoms with Gasteiger partial charge in [0.1, 0.15) is 5.52 Å². The molecular weight excluding hydrogens is 450 g/mol. The van der Waals surface area contributed by atoms with Crippen molar-refractivity contribution >= 4 is 28.6 Å². The number of fused-ring (bicyclic) bond motifs is 1. The highest BCUT2D eigenvalue weighted by atomic mass is 16.2. The second-order valence-electron chi connectivity index (χ2n) is 9.49. The van der Waals surface area contributed by atoms with E-state index in [-0.39, 0.29) is 17.4 Å². The van der Waals surface area contributed by atoms with Crippen LogP contribution in [0.4, 0.5) is 11.5 Å². The molecule has 1 N–H and O–H groups in total. The first-order valence-electron chi connectivity index (χ1n) is 12.6. The van der Waals surface area contributed by atoms with E-state index in [0.29, 0.717) is 36.6 Å². The van der Waals surface area contributed by atoms with E-state index >= 15 is 0 Å². The number of anilines is 2. The van der Waals surface area contributed by atoms with Crippen molar-refractivity contribution in [2.24, 2.45) is 5.92 Å². The number of hydrogen-bond acceptors (Lipinski definition) is 5. The van der Waals surface area contributed by atoms with Crippen LogP contribution in [0, 0.1) is 12.8 Å². The highest BCUT2D eigenvalue weighted by Crippen LogP contribution is 2.23. The van der Waals surface area contributed by atoms with Crippen molar-refractivity contribution in [1.82, 2.24) is 14.5 Å². The Bertz CT molecular complexity index is 1440. The van der Waals surface area contributed by atoms with E-state index in [0.717, 1.165) is 30.5 Å². The summed E-state index contributed by atoms with van der Waals surface area (Å²) in [6, 6.07) is 19.8. The molecule has 0 aliphatic carbocycles. The minimum Gasteiger partial charge on any atom is -0.351 e. The summed E-state index contributed by atoms with van der Waals surface area (Å²) in [7, 11) is 0. The Morgan fingerprint density at radius 3 is 2.72 bits per heavy atom. The van der Waals surface area contributed by atoms with Gasteiger partial charge >= 0.3 is 0 Å². The predicted molar refractivity (Wildman–Crippen MR) is 143 cm³/mol. The lowest BCUT2D eigenvalue weighted by Crippen LogP contribution is -2.44. The number of amides is 1. The summed E-state index contributed by atoms with van der Waals surface area (Å²) in [5, 5.41) is 3.07. The van der Waals surface area contributed by atoms with E-state index in [4.69, 9.17) is 4.98 Å². The summed E-state index contributed by atoms with van der Waals surface area (Å²) in [6.07, 6.45) is 4.20. The minimum atomic E-state index is -0.222. The number of carbonyl (C=O) groups is 1. The first-order chi connectivity index (χ1) is 17.5. The third kappa shape index (κ3) is 5.00. The molecule has 1 saturated heterocycles. The molecule has 0 spiro atoms. The van der Waals surface area contributed by atoms with Gasteiger partial charge in [-0.2, -0.15) is 0 Å². The highest BCUT2D eigenvalue weighted by Gasteiger charge is 2.29. The maximum Gasteiger partial charge on any atom is 0.295 e. The smallest absolute Gasteiger partial charge is 0.295 e. The van der Waals surface area contributed by atoms with Crippen LogP contribution >= 0.6 is 0 Å². The topological polar surface area (TPSA) is 80.1 Å². The molecule has 1 aliphatic heterocycles. The molecule has 3 heterocycles. The highest BCUT2D eigenvalue weighted by molar-refractivity contribution is 5.93. The Kier molecular flexibility index (Phi) is 6.80. The van der Waals surface area contributed by atoms with Crippen LogP contribution in [-0.4, -0.2) is 33.5 Å². The van der Waals surface area contributed by atoms with E-state index in [1.54, 1.807) is 10.8 Å². The van der Waals surface area contributed by atoms with Gasteiger partial charge in [0.15, 0.2) is 11.5 Å². The molecule has 1 amide bonds. The third-order valence-corrected chi connectivity index (χ3v) is 6.84. The van der Waals surface area contributed by atoms with Gasteiger partial charge in [-0.15, -0.1) is 0 Å². The molecule has 36 heavy (non-hydrogen) atoms. The van der Waals surface area contributed by atoms with E-state index in [1.807, 2.05) is 66.4 Å². The van der Waals surface area contributed by atoms with E-state index in [1.165, 1.54) is 11.1 Å². The molecule has 4 aromatic rings. The Morgan fingerprint density at radius 2 is 1.92 bits per heavy atom. The summed E-state index contributed by atoms with van der Waals surface area (Å²) in [4.78, 5) is 38.0.